The molecule has 0 aliphatic carbocycles. The summed E-state index contributed by atoms with van der Waals surface area (Å²) in [4.78, 5) is 20.6. The smallest absolute Gasteiger partial charge is 0.225 e. The Morgan fingerprint density at radius 2 is 1.92 bits per heavy atom. The van der Waals surface area contributed by atoms with Crippen molar-refractivity contribution in [1.29, 1.82) is 0 Å². The summed E-state index contributed by atoms with van der Waals surface area (Å²) in [5, 5.41) is 0. The molecule has 1 aliphatic heterocycles. The Labute approximate surface area is 142 Å². The number of anilines is 2. The van der Waals surface area contributed by atoms with Crippen LogP contribution < -0.4 is 10.6 Å². The Bertz CT molecular complexity index is 729. The van der Waals surface area contributed by atoms with Crippen LogP contribution in [0.3, 0.4) is 0 Å². The summed E-state index contributed by atoms with van der Waals surface area (Å²) in [5.41, 5.74) is 9.89. The van der Waals surface area contributed by atoms with Gasteiger partial charge in [0.05, 0.1) is 23.4 Å². The number of nitrogens with two attached hydrogens (primary N) is 1. The monoisotopic (exact) mass is 327 g/mol. The molecule has 2 aromatic rings. The number of piperazine rings is 1. The fraction of sp³-hybridized carbons (Fsp3) is 0.444. The van der Waals surface area contributed by atoms with Gasteiger partial charge in [-0.05, 0) is 25.1 Å². The summed E-state index contributed by atoms with van der Waals surface area (Å²) in [7, 11) is 0. The molecule has 0 saturated carbocycles. The zero-order chi connectivity index (χ0) is 17.3. The molecule has 6 nitrogen and oxygen atoms in total. The van der Waals surface area contributed by atoms with Crippen molar-refractivity contribution in [2.45, 2.75) is 20.8 Å². The molecule has 1 saturated heterocycles. The van der Waals surface area contributed by atoms with Gasteiger partial charge in [0.2, 0.25) is 5.91 Å². The summed E-state index contributed by atoms with van der Waals surface area (Å²) >= 11 is 0. The second-order valence-electron chi connectivity index (χ2n) is 6.63. The lowest BCUT2D eigenvalue weighted by molar-refractivity contribution is -0.134. The summed E-state index contributed by atoms with van der Waals surface area (Å²) in [6.45, 7) is 9.07. The standard InChI is InChI=1S/C18H25N5O/c1-13(2)18(24)22-8-6-21(7-9-22)15-4-5-16(19)17(10-15)23-11-14(3)20-12-23/h4-5,10-13H,6-9,19H2,1-3H3. The lowest BCUT2D eigenvalue weighted by Crippen LogP contribution is -2.49. The third kappa shape index (κ3) is 3.22. The molecule has 1 aromatic carbocycles. The molecule has 24 heavy (non-hydrogen) atoms. The molecule has 0 radical (unpaired) electrons. The van der Waals surface area contributed by atoms with Crippen molar-refractivity contribution in [2.75, 3.05) is 36.8 Å². The van der Waals surface area contributed by atoms with E-state index in [1.165, 1.54) is 0 Å². The van der Waals surface area contributed by atoms with Crippen LogP contribution in [0.25, 0.3) is 5.69 Å². The number of aryl methyl sites for hydroxylation is 1. The zero-order valence-corrected chi connectivity index (χ0v) is 14.6. The van der Waals surface area contributed by atoms with Crippen molar-refractivity contribution in [3.63, 3.8) is 0 Å². The first-order valence-corrected chi connectivity index (χ1v) is 8.40. The van der Waals surface area contributed by atoms with E-state index in [0.29, 0.717) is 0 Å². The number of amides is 1. The maximum Gasteiger partial charge on any atom is 0.225 e. The van der Waals surface area contributed by atoms with Gasteiger partial charge in [-0.25, -0.2) is 4.98 Å². The van der Waals surface area contributed by atoms with E-state index in [4.69, 9.17) is 5.73 Å². The van der Waals surface area contributed by atoms with Crippen LogP contribution in [-0.2, 0) is 4.79 Å². The van der Waals surface area contributed by atoms with Gasteiger partial charge in [0.1, 0.15) is 0 Å². The number of hydrogen-bond acceptors (Lipinski definition) is 4. The minimum absolute atomic E-state index is 0.0594. The Hall–Kier alpha value is -2.50. The van der Waals surface area contributed by atoms with E-state index in [1.54, 1.807) is 6.33 Å². The van der Waals surface area contributed by atoms with Crippen molar-refractivity contribution in [1.82, 2.24) is 14.5 Å². The second-order valence-corrected chi connectivity index (χ2v) is 6.63. The minimum atomic E-state index is 0.0594. The van der Waals surface area contributed by atoms with Crippen molar-refractivity contribution < 1.29 is 4.79 Å². The highest BCUT2D eigenvalue weighted by Crippen LogP contribution is 2.25. The predicted molar refractivity (Wildman–Crippen MR) is 96.3 cm³/mol. The Morgan fingerprint density at radius 1 is 1.21 bits per heavy atom. The van der Waals surface area contributed by atoms with Gasteiger partial charge in [0.15, 0.2) is 0 Å². The fourth-order valence-corrected chi connectivity index (χ4v) is 3.06. The third-order valence-corrected chi connectivity index (χ3v) is 4.45. The average Bonchev–Trinajstić information content (AvgIpc) is 3.01. The molecule has 0 atom stereocenters. The van der Waals surface area contributed by atoms with Gasteiger partial charge in [-0.1, -0.05) is 13.8 Å². The van der Waals surface area contributed by atoms with Crippen molar-refractivity contribution >= 4 is 17.3 Å². The molecule has 1 aliphatic rings. The van der Waals surface area contributed by atoms with Gasteiger partial charge in [-0.2, -0.15) is 0 Å². The second kappa shape index (κ2) is 6.55. The van der Waals surface area contributed by atoms with Crippen LogP contribution in [0.5, 0.6) is 0 Å². The van der Waals surface area contributed by atoms with Gasteiger partial charge in [-0.3, -0.25) is 4.79 Å². The van der Waals surface area contributed by atoms with Gasteiger partial charge in [0.25, 0.3) is 0 Å². The van der Waals surface area contributed by atoms with Crippen LogP contribution in [0, 0.1) is 12.8 Å². The highest BCUT2D eigenvalue weighted by atomic mass is 16.2. The topological polar surface area (TPSA) is 67.4 Å². The van der Waals surface area contributed by atoms with Gasteiger partial charge in [0, 0.05) is 44.0 Å². The molecule has 1 amide bonds. The van der Waals surface area contributed by atoms with Crippen LogP contribution in [0.4, 0.5) is 11.4 Å². The first-order chi connectivity index (χ1) is 11.5. The van der Waals surface area contributed by atoms with E-state index in [0.717, 1.165) is 48.9 Å². The number of hydrogen-bond donors (Lipinski definition) is 1. The number of carbonyl (C=O) groups is 1. The fourth-order valence-electron chi connectivity index (χ4n) is 3.06. The Kier molecular flexibility index (Phi) is 4.46. The maximum atomic E-state index is 12.1. The normalized spacial score (nSPS) is 15.2. The lowest BCUT2D eigenvalue weighted by Gasteiger charge is -2.37. The third-order valence-electron chi connectivity index (χ3n) is 4.45. The van der Waals surface area contributed by atoms with E-state index in [9.17, 15) is 4.79 Å². The van der Waals surface area contributed by atoms with Gasteiger partial charge < -0.3 is 20.1 Å². The predicted octanol–water partition coefficient (Wildman–Crippen LogP) is 2.07. The van der Waals surface area contributed by atoms with Gasteiger partial charge >= 0.3 is 0 Å². The number of benzene rings is 1. The van der Waals surface area contributed by atoms with E-state index in [-0.39, 0.29) is 11.8 Å². The highest BCUT2D eigenvalue weighted by Gasteiger charge is 2.23. The number of nitrogen functional groups attached to an aromatic ring is 1. The molecular weight excluding hydrogens is 302 g/mol. The molecule has 128 valence electrons. The summed E-state index contributed by atoms with van der Waals surface area (Å²) in [6.07, 6.45) is 3.75. The minimum Gasteiger partial charge on any atom is -0.397 e. The van der Waals surface area contributed by atoms with Crippen LogP contribution in [-0.4, -0.2) is 46.5 Å². The molecule has 0 spiro atoms. The number of rotatable bonds is 3. The summed E-state index contributed by atoms with van der Waals surface area (Å²) in [6, 6.07) is 6.07. The number of aromatic nitrogens is 2. The van der Waals surface area contributed by atoms with Crippen molar-refractivity contribution in [3.05, 3.63) is 36.4 Å². The molecule has 0 unspecified atom stereocenters. The van der Waals surface area contributed by atoms with E-state index in [1.807, 2.05) is 48.6 Å². The Balaban J connectivity index is 1.76. The molecular formula is C18H25N5O. The van der Waals surface area contributed by atoms with E-state index in [2.05, 4.69) is 16.0 Å². The van der Waals surface area contributed by atoms with Crippen LogP contribution >= 0.6 is 0 Å². The van der Waals surface area contributed by atoms with Crippen molar-refractivity contribution in [2.24, 2.45) is 5.92 Å². The first kappa shape index (κ1) is 16.4. The van der Waals surface area contributed by atoms with Crippen LogP contribution in [0.1, 0.15) is 19.5 Å². The molecule has 1 fully saturated rings. The molecule has 2 heterocycles. The molecule has 0 bridgehead atoms. The molecule has 6 heteroatoms. The highest BCUT2D eigenvalue weighted by molar-refractivity contribution is 5.78. The van der Waals surface area contributed by atoms with E-state index < -0.39 is 0 Å². The molecule has 1 aromatic heterocycles. The quantitative estimate of drug-likeness (QED) is 0.876. The van der Waals surface area contributed by atoms with Gasteiger partial charge in [-0.15, -0.1) is 0 Å². The van der Waals surface area contributed by atoms with E-state index >= 15 is 0 Å². The molecule has 3 rings (SSSR count). The maximum absolute atomic E-state index is 12.1. The van der Waals surface area contributed by atoms with Crippen molar-refractivity contribution in [3.8, 4) is 5.69 Å². The van der Waals surface area contributed by atoms with Crippen LogP contribution in [0.2, 0.25) is 0 Å². The average molecular weight is 327 g/mol. The van der Waals surface area contributed by atoms with Crippen LogP contribution in [0.15, 0.2) is 30.7 Å². The molecule has 2 N–H and O–H groups in total. The first-order valence-electron chi connectivity index (χ1n) is 8.40. The number of imidazole rings is 1. The lowest BCUT2D eigenvalue weighted by atomic mass is 10.1. The number of carbonyl (C=O) groups excluding carboxylic acids is 1. The number of nitrogens with zero attached hydrogens (tertiary/aromatic N) is 4. The largest absolute Gasteiger partial charge is 0.397 e. The zero-order valence-electron chi connectivity index (χ0n) is 14.6. The Morgan fingerprint density at radius 3 is 2.50 bits per heavy atom. The SMILES string of the molecule is Cc1cn(-c2cc(N3CCN(C(=O)C(C)C)CC3)ccc2N)cn1. The summed E-state index contributed by atoms with van der Waals surface area (Å²) in [5.74, 6) is 0.297. The summed E-state index contributed by atoms with van der Waals surface area (Å²) < 4.78 is 1.95.